The van der Waals surface area contributed by atoms with Gasteiger partial charge >= 0.3 is 0 Å². The number of hydrogen-bond acceptors (Lipinski definition) is 0. The van der Waals surface area contributed by atoms with Crippen molar-refractivity contribution in [1.82, 2.24) is 0 Å². The van der Waals surface area contributed by atoms with Gasteiger partial charge in [-0.15, -0.1) is 0 Å². The molecule has 3 atom stereocenters. The van der Waals surface area contributed by atoms with Crippen LogP contribution >= 0.6 is 0 Å². The summed E-state index contributed by atoms with van der Waals surface area (Å²) >= 11 is 0. The summed E-state index contributed by atoms with van der Waals surface area (Å²) in [6, 6.07) is 20.7. The Morgan fingerprint density at radius 2 is 1.53 bits per heavy atom. The molecule has 2 aromatic carbocycles. The van der Waals surface area contributed by atoms with E-state index in [0.29, 0.717) is 0 Å². The fraction of sp³-hybridized carbons (Fsp3) is 0.333. The Kier molecular flexibility index (Phi) is 2.81. The van der Waals surface area contributed by atoms with Crippen LogP contribution in [0.3, 0.4) is 0 Å². The summed E-state index contributed by atoms with van der Waals surface area (Å²) in [4.78, 5) is 0. The normalized spacial score (nSPS) is 28.7. The van der Waals surface area contributed by atoms with Crippen LogP contribution in [-0.4, -0.2) is 8.80 Å². The van der Waals surface area contributed by atoms with Gasteiger partial charge in [-0.1, -0.05) is 84.2 Å². The molecule has 4 rings (SSSR count). The molecule has 1 heterocycles. The minimum absolute atomic E-state index is 0.877. The van der Waals surface area contributed by atoms with Crippen molar-refractivity contribution in [3.05, 3.63) is 60.2 Å². The molecule has 96 valence electrons. The van der Waals surface area contributed by atoms with E-state index in [1.54, 1.807) is 15.9 Å². The number of fused-ring (bicyclic) bond motifs is 3. The molecule has 1 heteroatoms. The first-order chi connectivity index (χ1) is 9.45. The molecule has 1 aliphatic carbocycles. The Hall–Kier alpha value is -1.34. The maximum absolute atomic E-state index is 2.43. The molecular weight excluding hydrogens is 244 g/mol. The molecule has 19 heavy (non-hydrogen) atoms. The predicted molar refractivity (Wildman–Crippen MR) is 84.3 cm³/mol. The zero-order valence-electron chi connectivity index (χ0n) is 11.3. The van der Waals surface area contributed by atoms with Gasteiger partial charge in [0.15, 0.2) is 0 Å². The predicted octanol–water partition coefficient (Wildman–Crippen LogP) is 3.07. The van der Waals surface area contributed by atoms with Crippen molar-refractivity contribution in [2.75, 3.05) is 0 Å². The Morgan fingerprint density at radius 3 is 2.42 bits per heavy atom. The van der Waals surface area contributed by atoms with Crippen LogP contribution in [0.5, 0.6) is 0 Å². The van der Waals surface area contributed by atoms with Gasteiger partial charge in [-0.3, -0.25) is 0 Å². The molecule has 0 nitrogen and oxygen atoms in total. The Balaban J connectivity index is 1.85. The number of rotatable bonds is 1. The average molecular weight is 264 g/mol. The summed E-state index contributed by atoms with van der Waals surface area (Å²) in [6.45, 7) is 0. The van der Waals surface area contributed by atoms with E-state index >= 15 is 0 Å². The lowest BCUT2D eigenvalue weighted by Gasteiger charge is -2.29. The van der Waals surface area contributed by atoms with Gasteiger partial charge in [0.25, 0.3) is 0 Å². The van der Waals surface area contributed by atoms with Gasteiger partial charge in [-0.2, -0.15) is 0 Å². The molecule has 0 N–H and O–H groups in total. The summed E-state index contributed by atoms with van der Waals surface area (Å²) in [5, 5.41) is 3.40. The fourth-order valence-electron chi connectivity index (χ4n) is 4.39. The highest BCUT2D eigenvalue weighted by atomic mass is 28.3. The molecule has 2 aliphatic rings. The van der Waals surface area contributed by atoms with Crippen LogP contribution in [0.4, 0.5) is 0 Å². The minimum Gasteiger partial charge on any atom is -0.0629 e. The van der Waals surface area contributed by atoms with E-state index in [-0.39, 0.29) is 0 Å². The molecule has 2 unspecified atom stereocenters. The van der Waals surface area contributed by atoms with Crippen molar-refractivity contribution >= 4 is 19.2 Å². The second-order valence-electron chi connectivity index (χ2n) is 6.07. The minimum atomic E-state index is -0.976. The maximum Gasteiger partial charge on any atom is 0.107 e. The van der Waals surface area contributed by atoms with E-state index in [1.165, 1.54) is 25.7 Å². The van der Waals surface area contributed by atoms with Crippen LogP contribution in [0, 0.1) is 0 Å². The summed E-state index contributed by atoms with van der Waals surface area (Å²) in [7, 11) is -0.976. The van der Waals surface area contributed by atoms with Crippen molar-refractivity contribution in [3.8, 4) is 0 Å². The molecule has 1 saturated carbocycles. The zero-order valence-corrected chi connectivity index (χ0v) is 12.4. The number of benzene rings is 2. The third-order valence-corrected chi connectivity index (χ3v) is 9.09. The molecule has 0 bridgehead atoms. The smallest absolute Gasteiger partial charge is 0.0629 e. The number of hydrogen-bond donors (Lipinski definition) is 0. The second kappa shape index (κ2) is 4.64. The van der Waals surface area contributed by atoms with Crippen LogP contribution in [0.1, 0.15) is 37.2 Å². The van der Waals surface area contributed by atoms with Crippen LogP contribution in [0.25, 0.3) is 0 Å². The van der Waals surface area contributed by atoms with Crippen molar-refractivity contribution in [2.24, 2.45) is 0 Å². The van der Waals surface area contributed by atoms with Gasteiger partial charge in [0.1, 0.15) is 8.80 Å². The first-order valence-corrected chi connectivity index (χ1v) is 9.41. The van der Waals surface area contributed by atoms with Gasteiger partial charge < -0.3 is 0 Å². The first-order valence-electron chi connectivity index (χ1n) is 7.59. The van der Waals surface area contributed by atoms with E-state index in [1.807, 2.05) is 0 Å². The van der Waals surface area contributed by atoms with Crippen molar-refractivity contribution in [3.63, 3.8) is 0 Å². The quantitative estimate of drug-likeness (QED) is 0.695. The molecule has 0 radical (unpaired) electrons. The molecule has 0 aromatic heterocycles. The lowest BCUT2D eigenvalue weighted by Crippen LogP contribution is -2.43. The summed E-state index contributed by atoms with van der Waals surface area (Å²) in [6.07, 6.45) is 5.78. The van der Waals surface area contributed by atoms with Crippen molar-refractivity contribution in [2.45, 2.75) is 37.1 Å². The summed E-state index contributed by atoms with van der Waals surface area (Å²) in [5.74, 6) is 0.877. The molecule has 1 fully saturated rings. The first kappa shape index (κ1) is 11.5. The Bertz CT molecular complexity index is 575. The summed E-state index contributed by atoms with van der Waals surface area (Å²) < 4.78 is 0. The lowest BCUT2D eigenvalue weighted by atomic mass is 9.84. The molecule has 1 aliphatic heterocycles. The SMILES string of the molecule is c1ccc([SiH]2c3ccccc3[C@@H]3CCCCC32)cc1. The zero-order chi connectivity index (χ0) is 12.7. The standard InChI is InChI=1S/C18H20Si/c1-2-8-14(9-3-1)19-17-12-6-4-10-15(17)16-11-5-7-13-18(16)19/h1-4,6,8-10,12,16,18-19H,5,7,11,13H2/t16-,18?,19?/m0/s1. The van der Waals surface area contributed by atoms with E-state index in [2.05, 4.69) is 54.6 Å². The van der Waals surface area contributed by atoms with E-state index in [9.17, 15) is 0 Å². The second-order valence-corrected chi connectivity index (χ2v) is 9.17. The molecule has 2 aromatic rings. The van der Waals surface area contributed by atoms with Gasteiger partial charge in [0, 0.05) is 0 Å². The van der Waals surface area contributed by atoms with Crippen molar-refractivity contribution in [1.29, 1.82) is 0 Å². The van der Waals surface area contributed by atoms with Crippen LogP contribution in [0.2, 0.25) is 5.54 Å². The van der Waals surface area contributed by atoms with E-state index in [4.69, 9.17) is 0 Å². The van der Waals surface area contributed by atoms with Crippen LogP contribution in [0.15, 0.2) is 54.6 Å². The maximum atomic E-state index is 2.43. The molecule has 0 amide bonds. The monoisotopic (exact) mass is 264 g/mol. The third-order valence-electron chi connectivity index (χ3n) is 5.14. The van der Waals surface area contributed by atoms with Gasteiger partial charge in [-0.05, 0) is 23.4 Å². The highest BCUT2D eigenvalue weighted by Gasteiger charge is 2.42. The van der Waals surface area contributed by atoms with Gasteiger partial charge in [0.2, 0.25) is 0 Å². The highest BCUT2D eigenvalue weighted by Crippen LogP contribution is 2.47. The van der Waals surface area contributed by atoms with Crippen molar-refractivity contribution < 1.29 is 0 Å². The Labute approximate surface area is 117 Å². The average Bonchev–Trinajstić information content (AvgIpc) is 2.83. The summed E-state index contributed by atoms with van der Waals surface area (Å²) in [5.41, 5.74) is 2.68. The Morgan fingerprint density at radius 1 is 0.789 bits per heavy atom. The topological polar surface area (TPSA) is 0 Å². The van der Waals surface area contributed by atoms with Gasteiger partial charge in [-0.25, -0.2) is 0 Å². The van der Waals surface area contributed by atoms with Crippen LogP contribution in [-0.2, 0) is 0 Å². The van der Waals surface area contributed by atoms with E-state index in [0.717, 1.165) is 11.5 Å². The highest BCUT2D eigenvalue weighted by molar-refractivity contribution is 6.87. The third kappa shape index (κ3) is 1.79. The molecule has 0 spiro atoms. The van der Waals surface area contributed by atoms with Crippen LogP contribution < -0.4 is 10.4 Å². The van der Waals surface area contributed by atoms with Gasteiger partial charge in [0.05, 0.1) is 0 Å². The lowest BCUT2D eigenvalue weighted by molar-refractivity contribution is 0.448. The largest absolute Gasteiger partial charge is 0.107 e. The molecule has 0 saturated heterocycles. The fourth-order valence-corrected chi connectivity index (χ4v) is 8.77. The molecular formula is C18H20Si. The van der Waals surface area contributed by atoms with E-state index < -0.39 is 8.80 Å².